The third-order valence-electron chi connectivity index (χ3n) is 6.34. The summed E-state index contributed by atoms with van der Waals surface area (Å²) < 4.78 is 3.36. The molecule has 4 rings (SSSR count). The van der Waals surface area contributed by atoms with Crippen molar-refractivity contribution in [1.82, 2.24) is 19.2 Å². The van der Waals surface area contributed by atoms with Gasteiger partial charge in [-0.05, 0) is 62.4 Å². The summed E-state index contributed by atoms with van der Waals surface area (Å²) in [4.78, 5) is 27.8. The van der Waals surface area contributed by atoms with Crippen molar-refractivity contribution in [1.29, 1.82) is 0 Å². The van der Waals surface area contributed by atoms with E-state index < -0.39 is 0 Å². The van der Waals surface area contributed by atoms with Crippen LogP contribution in [0, 0.1) is 13.8 Å². The molecule has 1 amide bonds. The molecule has 0 N–H and O–H groups in total. The topological polar surface area (TPSA) is 60.1 Å². The molecule has 6 heteroatoms. The summed E-state index contributed by atoms with van der Waals surface area (Å²) in [7, 11) is 0. The lowest BCUT2D eigenvalue weighted by Gasteiger charge is -2.31. The lowest BCUT2D eigenvalue weighted by Crippen LogP contribution is -2.38. The zero-order chi connectivity index (χ0) is 22.0. The van der Waals surface area contributed by atoms with E-state index in [0.717, 1.165) is 35.4 Å². The fourth-order valence-corrected chi connectivity index (χ4v) is 4.31. The molecule has 0 aliphatic carbocycles. The predicted octanol–water partition coefficient (Wildman–Crippen LogP) is 3.75. The van der Waals surface area contributed by atoms with Gasteiger partial charge in [0, 0.05) is 31.1 Å². The summed E-state index contributed by atoms with van der Waals surface area (Å²) in [5.74, 6) is 1.12. The average molecular weight is 419 g/mol. The molecule has 1 aliphatic rings. The van der Waals surface area contributed by atoms with Crippen LogP contribution in [0.15, 0.2) is 53.3 Å². The van der Waals surface area contributed by atoms with Crippen molar-refractivity contribution in [2.24, 2.45) is 0 Å². The molecular weight excluding hydrogens is 388 g/mol. The Morgan fingerprint density at radius 1 is 1.03 bits per heavy atom. The summed E-state index contributed by atoms with van der Waals surface area (Å²) in [6.45, 7) is 8.51. The lowest BCUT2D eigenvalue weighted by molar-refractivity contribution is 0.0710. The molecule has 3 aromatic rings. The molecule has 6 nitrogen and oxygen atoms in total. The van der Waals surface area contributed by atoms with Crippen molar-refractivity contribution in [2.45, 2.75) is 52.6 Å². The molecule has 162 valence electrons. The Morgan fingerprint density at radius 3 is 2.39 bits per heavy atom. The second-order valence-electron chi connectivity index (χ2n) is 8.39. The van der Waals surface area contributed by atoms with Crippen LogP contribution in [0.4, 0.5) is 0 Å². The Labute approximate surface area is 183 Å². The smallest absolute Gasteiger partial charge is 0.339 e. The number of nitrogens with zero attached hydrogens (tertiary/aromatic N) is 4. The average Bonchev–Trinajstić information content (AvgIpc) is 3.11. The van der Waals surface area contributed by atoms with E-state index >= 15 is 0 Å². The third kappa shape index (κ3) is 4.33. The standard InChI is InChI=1S/C25H30N4O2/c1-4-28-23(26-29(25(28)31)17-20-8-6-5-7-9-20)21-12-14-27(15-13-21)24(30)22-11-10-18(2)19(3)16-22/h5-11,16,21H,4,12-15,17H2,1-3H3. The van der Waals surface area contributed by atoms with Crippen molar-refractivity contribution in [3.8, 4) is 0 Å². The number of hydrogen-bond donors (Lipinski definition) is 0. The molecule has 0 atom stereocenters. The number of piperidine rings is 1. The molecule has 1 aromatic heterocycles. The van der Waals surface area contributed by atoms with Crippen LogP contribution in [-0.4, -0.2) is 38.2 Å². The van der Waals surface area contributed by atoms with E-state index in [1.807, 2.05) is 67.3 Å². The van der Waals surface area contributed by atoms with E-state index in [0.29, 0.717) is 26.2 Å². The van der Waals surface area contributed by atoms with Crippen molar-refractivity contribution in [2.75, 3.05) is 13.1 Å². The van der Waals surface area contributed by atoms with Gasteiger partial charge in [-0.2, -0.15) is 5.10 Å². The quantitative estimate of drug-likeness (QED) is 0.634. The minimum Gasteiger partial charge on any atom is -0.339 e. The molecule has 1 fully saturated rings. The van der Waals surface area contributed by atoms with Crippen LogP contribution in [0.1, 0.15) is 58.6 Å². The highest BCUT2D eigenvalue weighted by Crippen LogP contribution is 2.27. The van der Waals surface area contributed by atoms with Crippen LogP contribution in [0.2, 0.25) is 0 Å². The Morgan fingerprint density at radius 2 is 1.74 bits per heavy atom. The predicted molar refractivity (Wildman–Crippen MR) is 121 cm³/mol. The zero-order valence-electron chi connectivity index (χ0n) is 18.5. The maximum atomic E-state index is 12.9. The fraction of sp³-hybridized carbons (Fsp3) is 0.400. The summed E-state index contributed by atoms with van der Waals surface area (Å²) in [6.07, 6.45) is 1.64. The van der Waals surface area contributed by atoms with Gasteiger partial charge < -0.3 is 4.90 Å². The van der Waals surface area contributed by atoms with Gasteiger partial charge in [0.2, 0.25) is 0 Å². The second-order valence-corrected chi connectivity index (χ2v) is 8.39. The van der Waals surface area contributed by atoms with E-state index in [9.17, 15) is 9.59 Å². The molecule has 0 saturated carbocycles. The van der Waals surface area contributed by atoms with E-state index in [1.165, 1.54) is 5.56 Å². The lowest BCUT2D eigenvalue weighted by atomic mass is 9.95. The number of hydrogen-bond acceptors (Lipinski definition) is 3. The van der Waals surface area contributed by atoms with Gasteiger partial charge in [0.15, 0.2) is 0 Å². The van der Waals surface area contributed by atoms with E-state index in [4.69, 9.17) is 5.10 Å². The highest BCUT2D eigenvalue weighted by Gasteiger charge is 2.28. The Hall–Kier alpha value is -3.15. The summed E-state index contributed by atoms with van der Waals surface area (Å²) in [5.41, 5.74) is 4.08. The first kappa shape index (κ1) is 21.1. The van der Waals surface area contributed by atoms with Crippen LogP contribution in [0.3, 0.4) is 0 Å². The Bertz CT molecular complexity index is 1120. The van der Waals surface area contributed by atoms with Gasteiger partial charge in [-0.3, -0.25) is 9.36 Å². The molecule has 2 aromatic carbocycles. The highest BCUT2D eigenvalue weighted by atomic mass is 16.2. The normalized spacial score (nSPS) is 14.7. The first-order valence-electron chi connectivity index (χ1n) is 11.1. The van der Waals surface area contributed by atoms with Crippen molar-refractivity contribution < 1.29 is 4.79 Å². The SMILES string of the molecule is CCn1c(C2CCN(C(=O)c3ccc(C)c(C)c3)CC2)nn(Cc2ccccc2)c1=O. The number of amides is 1. The number of aryl methyl sites for hydroxylation is 2. The zero-order valence-corrected chi connectivity index (χ0v) is 18.5. The van der Waals surface area contributed by atoms with Crippen molar-refractivity contribution in [3.05, 3.63) is 87.1 Å². The molecule has 0 spiro atoms. The van der Waals surface area contributed by atoms with Gasteiger partial charge in [0.05, 0.1) is 6.54 Å². The summed E-state index contributed by atoms with van der Waals surface area (Å²) >= 11 is 0. The number of likely N-dealkylation sites (tertiary alicyclic amines) is 1. The van der Waals surface area contributed by atoms with Crippen molar-refractivity contribution in [3.63, 3.8) is 0 Å². The molecule has 1 saturated heterocycles. The summed E-state index contributed by atoms with van der Waals surface area (Å²) in [5, 5.41) is 4.71. The largest absolute Gasteiger partial charge is 0.346 e. The van der Waals surface area contributed by atoms with E-state index in [-0.39, 0.29) is 17.5 Å². The second kappa shape index (κ2) is 8.92. The number of carbonyl (C=O) groups excluding carboxylic acids is 1. The van der Waals surface area contributed by atoms with Crippen LogP contribution >= 0.6 is 0 Å². The van der Waals surface area contributed by atoms with Crippen LogP contribution < -0.4 is 5.69 Å². The molecular formula is C25H30N4O2. The first-order valence-corrected chi connectivity index (χ1v) is 11.1. The molecule has 0 radical (unpaired) electrons. The number of rotatable bonds is 5. The number of benzene rings is 2. The van der Waals surface area contributed by atoms with Gasteiger partial charge in [-0.1, -0.05) is 36.4 Å². The number of carbonyl (C=O) groups is 1. The fourth-order valence-electron chi connectivity index (χ4n) is 4.31. The monoisotopic (exact) mass is 418 g/mol. The maximum absolute atomic E-state index is 12.9. The van der Waals surface area contributed by atoms with E-state index in [1.54, 1.807) is 9.25 Å². The van der Waals surface area contributed by atoms with Crippen molar-refractivity contribution >= 4 is 5.91 Å². The Balaban J connectivity index is 1.48. The van der Waals surface area contributed by atoms with Gasteiger partial charge in [-0.15, -0.1) is 0 Å². The van der Waals surface area contributed by atoms with Crippen LogP contribution in [0.5, 0.6) is 0 Å². The highest BCUT2D eigenvalue weighted by molar-refractivity contribution is 5.94. The van der Waals surface area contributed by atoms with E-state index in [2.05, 4.69) is 6.92 Å². The molecule has 31 heavy (non-hydrogen) atoms. The maximum Gasteiger partial charge on any atom is 0.346 e. The molecule has 0 bridgehead atoms. The van der Waals surface area contributed by atoms with Gasteiger partial charge in [0.1, 0.15) is 5.82 Å². The van der Waals surface area contributed by atoms with Crippen LogP contribution in [0.25, 0.3) is 0 Å². The van der Waals surface area contributed by atoms with Gasteiger partial charge in [0.25, 0.3) is 5.91 Å². The Kier molecular flexibility index (Phi) is 6.07. The van der Waals surface area contributed by atoms with Crippen LogP contribution in [-0.2, 0) is 13.1 Å². The summed E-state index contributed by atoms with van der Waals surface area (Å²) in [6, 6.07) is 15.8. The van der Waals surface area contributed by atoms with Gasteiger partial charge in [-0.25, -0.2) is 9.48 Å². The third-order valence-corrected chi connectivity index (χ3v) is 6.34. The van der Waals surface area contributed by atoms with Gasteiger partial charge >= 0.3 is 5.69 Å². The molecule has 0 unspecified atom stereocenters. The minimum absolute atomic E-state index is 0.0602. The molecule has 2 heterocycles. The first-order chi connectivity index (χ1) is 15.0. The molecule has 1 aliphatic heterocycles. The minimum atomic E-state index is -0.0602. The number of aromatic nitrogens is 3.